The Hall–Kier alpha value is -2.98. The SMILES string of the molecule is Cc1cc(OC(C)c2nc3ccccc3n2CCCCOc2ccc(C(C)(C)C)cc2)ccc1Cl. The van der Waals surface area contributed by atoms with Crippen molar-refractivity contribution in [2.45, 2.75) is 65.5 Å². The average Bonchev–Trinajstić information content (AvgIpc) is 3.20. The number of hydrogen-bond acceptors (Lipinski definition) is 3. The van der Waals surface area contributed by atoms with E-state index < -0.39 is 0 Å². The third-order valence-corrected chi connectivity index (χ3v) is 6.68. The van der Waals surface area contributed by atoms with Gasteiger partial charge >= 0.3 is 0 Å². The molecule has 0 aliphatic carbocycles. The van der Waals surface area contributed by atoms with Crippen LogP contribution in [-0.4, -0.2) is 16.2 Å². The maximum Gasteiger partial charge on any atom is 0.153 e. The van der Waals surface area contributed by atoms with Crippen LogP contribution >= 0.6 is 11.6 Å². The van der Waals surface area contributed by atoms with Gasteiger partial charge in [0.25, 0.3) is 0 Å². The van der Waals surface area contributed by atoms with Gasteiger partial charge in [0.1, 0.15) is 11.5 Å². The number of para-hydroxylation sites is 2. The van der Waals surface area contributed by atoms with Gasteiger partial charge in [-0.2, -0.15) is 0 Å². The number of hydrogen-bond donors (Lipinski definition) is 0. The van der Waals surface area contributed by atoms with E-state index in [4.69, 9.17) is 26.1 Å². The molecule has 0 fully saturated rings. The van der Waals surface area contributed by atoms with E-state index in [2.05, 4.69) is 67.8 Å². The Morgan fingerprint density at radius 2 is 1.66 bits per heavy atom. The number of imidazole rings is 1. The van der Waals surface area contributed by atoms with E-state index in [-0.39, 0.29) is 11.5 Å². The molecule has 1 atom stereocenters. The van der Waals surface area contributed by atoms with Gasteiger partial charge < -0.3 is 14.0 Å². The highest BCUT2D eigenvalue weighted by Crippen LogP contribution is 2.28. The summed E-state index contributed by atoms with van der Waals surface area (Å²) in [5.41, 5.74) is 4.58. The van der Waals surface area contributed by atoms with Crippen LogP contribution in [0, 0.1) is 6.92 Å². The van der Waals surface area contributed by atoms with Crippen LogP contribution in [0.15, 0.2) is 66.7 Å². The third kappa shape index (κ3) is 6.18. The maximum atomic E-state index is 6.26. The van der Waals surface area contributed by atoms with Crippen molar-refractivity contribution in [1.82, 2.24) is 9.55 Å². The molecule has 4 rings (SSSR count). The molecule has 0 bridgehead atoms. The summed E-state index contributed by atoms with van der Waals surface area (Å²) in [5.74, 6) is 2.65. The number of ether oxygens (including phenoxy) is 2. The topological polar surface area (TPSA) is 36.3 Å². The highest BCUT2D eigenvalue weighted by Gasteiger charge is 2.18. The minimum atomic E-state index is -0.194. The molecule has 1 unspecified atom stereocenters. The molecule has 0 saturated heterocycles. The van der Waals surface area contributed by atoms with E-state index in [1.54, 1.807) is 0 Å². The van der Waals surface area contributed by atoms with Gasteiger partial charge in [0.2, 0.25) is 0 Å². The van der Waals surface area contributed by atoms with Crippen molar-refractivity contribution in [2.75, 3.05) is 6.61 Å². The fourth-order valence-electron chi connectivity index (χ4n) is 4.20. The first-order valence-electron chi connectivity index (χ1n) is 12.3. The minimum Gasteiger partial charge on any atom is -0.494 e. The van der Waals surface area contributed by atoms with E-state index in [0.717, 1.165) is 58.3 Å². The Labute approximate surface area is 213 Å². The molecule has 4 nitrogen and oxygen atoms in total. The molecule has 35 heavy (non-hydrogen) atoms. The fraction of sp³-hybridized carbons (Fsp3) is 0.367. The number of aromatic nitrogens is 2. The highest BCUT2D eigenvalue weighted by atomic mass is 35.5. The van der Waals surface area contributed by atoms with Gasteiger partial charge in [0.15, 0.2) is 11.9 Å². The van der Waals surface area contributed by atoms with Gasteiger partial charge in [-0.3, -0.25) is 0 Å². The zero-order chi connectivity index (χ0) is 25.0. The standard InChI is InChI=1S/C30H35ClN2O2/c1-21-20-25(16-17-26(21)31)35-22(2)29-32-27-10-6-7-11-28(27)33(29)18-8-9-19-34-24-14-12-23(13-15-24)30(3,4)5/h6-7,10-17,20,22H,8-9,18-19H2,1-5H3. The van der Waals surface area contributed by atoms with Crippen LogP contribution in [0.25, 0.3) is 11.0 Å². The summed E-state index contributed by atoms with van der Waals surface area (Å²) in [7, 11) is 0. The van der Waals surface area contributed by atoms with Crippen LogP contribution in [0.3, 0.4) is 0 Å². The fourth-order valence-corrected chi connectivity index (χ4v) is 4.32. The van der Waals surface area contributed by atoms with E-state index in [0.29, 0.717) is 6.61 Å². The van der Waals surface area contributed by atoms with Crippen LogP contribution < -0.4 is 9.47 Å². The molecule has 5 heteroatoms. The first kappa shape index (κ1) is 25.1. The molecule has 1 heterocycles. The van der Waals surface area contributed by atoms with E-state index in [1.165, 1.54) is 5.56 Å². The number of benzene rings is 3. The average molecular weight is 491 g/mol. The van der Waals surface area contributed by atoms with Gasteiger partial charge in [-0.1, -0.05) is 56.6 Å². The summed E-state index contributed by atoms with van der Waals surface area (Å²) in [4.78, 5) is 4.90. The van der Waals surface area contributed by atoms with Crippen molar-refractivity contribution in [3.8, 4) is 11.5 Å². The second kappa shape index (κ2) is 10.7. The van der Waals surface area contributed by atoms with Crippen molar-refractivity contribution >= 4 is 22.6 Å². The molecule has 0 spiro atoms. The van der Waals surface area contributed by atoms with E-state index >= 15 is 0 Å². The predicted molar refractivity (Wildman–Crippen MR) is 145 cm³/mol. The summed E-state index contributed by atoms with van der Waals surface area (Å²) in [5, 5.41) is 0.740. The number of aryl methyl sites for hydroxylation is 2. The zero-order valence-electron chi connectivity index (χ0n) is 21.3. The van der Waals surface area contributed by atoms with Crippen molar-refractivity contribution in [2.24, 2.45) is 0 Å². The van der Waals surface area contributed by atoms with Crippen LogP contribution in [0.5, 0.6) is 11.5 Å². The Bertz CT molecular complexity index is 1270. The Morgan fingerprint density at radius 3 is 2.37 bits per heavy atom. The van der Waals surface area contributed by atoms with Crippen LogP contribution in [-0.2, 0) is 12.0 Å². The largest absolute Gasteiger partial charge is 0.494 e. The van der Waals surface area contributed by atoms with Crippen molar-refractivity contribution in [3.05, 3.63) is 88.7 Å². The number of nitrogens with zero attached hydrogens (tertiary/aromatic N) is 2. The quantitative estimate of drug-likeness (QED) is 0.221. The van der Waals surface area contributed by atoms with Crippen molar-refractivity contribution in [1.29, 1.82) is 0 Å². The second-order valence-corrected chi connectivity index (χ2v) is 10.5. The minimum absolute atomic E-state index is 0.150. The molecule has 0 amide bonds. The zero-order valence-corrected chi connectivity index (χ0v) is 22.1. The Morgan fingerprint density at radius 1 is 0.943 bits per heavy atom. The Kier molecular flexibility index (Phi) is 7.71. The van der Waals surface area contributed by atoms with Gasteiger partial charge in [-0.25, -0.2) is 4.98 Å². The van der Waals surface area contributed by atoms with Gasteiger partial charge in [-0.05, 0) is 85.7 Å². The van der Waals surface area contributed by atoms with E-state index in [1.807, 2.05) is 38.1 Å². The Balaban J connectivity index is 1.39. The molecule has 4 aromatic rings. The molecular formula is C30H35ClN2O2. The number of rotatable bonds is 9. The summed E-state index contributed by atoms with van der Waals surface area (Å²) < 4.78 is 14.5. The normalized spacial score (nSPS) is 12.6. The summed E-state index contributed by atoms with van der Waals surface area (Å²) in [6.07, 6.45) is 1.75. The molecule has 3 aromatic carbocycles. The van der Waals surface area contributed by atoms with E-state index in [9.17, 15) is 0 Å². The van der Waals surface area contributed by atoms with Gasteiger partial charge in [-0.15, -0.1) is 0 Å². The molecule has 0 N–H and O–H groups in total. The van der Waals surface area contributed by atoms with Gasteiger partial charge in [0.05, 0.1) is 17.6 Å². The molecule has 1 aromatic heterocycles. The van der Waals surface area contributed by atoms with Crippen molar-refractivity contribution < 1.29 is 9.47 Å². The lowest BCUT2D eigenvalue weighted by Gasteiger charge is -2.19. The smallest absolute Gasteiger partial charge is 0.153 e. The lowest BCUT2D eigenvalue weighted by Crippen LogP contribution is -2.13. The van der Waals surface area contributed by atoms with Crippen molar-refractivity contribution in [3.63, 3.8) is 0 Å². The first-order chi connectivity index (χ1) is 16.7. The monoisotopic (exact) mass is 490 g/mol. The highest BCUT2D eigenvalue weighted by molar-refractivity contribution is 6.31. The summed E-state index contributed by atoms with van der Waals surface area (Å²) in [6.45, 7) is 12.2. The molecule has 0 aliphatic rings. The van der Waals surface area contributed by atoms with Crippen LogP contribution in [0.4, 0.5) is 0 Å². The summed E-state index contributed by atoms with van der Waals surface area (Å²) >= 11 is 6.18. The van der Waals surface area contributed by atoms with Crippen LogP contribution in [0.1, 0.15) is 63.6 Å². The van der Waals surface area contributed by atoms with Gasteiger partial charge in [0, 0.05) is 11.6 Å². The lowest BCUT2D eigenvalue weighted by atomic mass is 9.87. The molecule has 0 radical (unpaired) electrons. The lowest BCUT2D eigenvalue weighted by molar-refractivity contribution is 0.210. The summed E-state index contributed by atoms with van der Waals surface area (Å²) in [6, 6.07) is 22.5. The number of unbranched alkanes of at least 4 members (excludes halogenated alkanes) is 1. The molecule has 0 saturated carbocycles. The molecule has 184 valence electrons. The first-order valence-corrected chi connectivity index (χ1v) is 12.7. The second-order valence-electron chi connectivity index (χ2n) is 10.1. The molecule has 0 aliphatic heterocycles. The molecular weight excluding hydrogens is 456 g/mol. The third-order valence-electron chi connectivity index (χ3n) is 6.26. The van der Waals surface area contributed by atoms with Crippen LogP contribution in [0.2, 0.25) is 5.02 Å². The maximum absolute atomic E-state index is 6.26. The number of fused-ring (bicyclic) bond motifs is 1. The number of halogens is 1. The predicted octanol–water partition coefficient (Wildman–Crippen LogP) is 8.29.